The predicted molar refractivity (Wildman–Crippen MR) is 72.7 cm³/mol. The Bertz CT molecular complexity index is 368. The molecule has 0 unspecified atom stereocenters. The first kappa shape index (κ1) is 14.5. The molecular formula is C13H21N3O2. The van der Waals surface area contributed by atoms with E-state index in [-0.39, 0.29) is 6.03 Å². The molecule has 0 fully saturated rings. The lowest BCUT2D eigenvalue weighted by atomic mass is 10.3. The van der Waals surface area contributed by atoms with E-state index in [1.165, 1.54) is 4.90 Å². The van der Waals surface area contributed by atoms with Crippen molar-refractivity contribution in [2.75, 3.05) is 39.5 Å². The fourth-order valence-corrected chi connectivity index (χ4v) is 1.62. The first-order chi connectivity index (χ1) is 8.49. The molecule has 0 saturated heterocycles. The topological polar surface area (TPSA) is 55.8 Å². The van der Waals surface area contributed by atoms with Crippen molar-refractivity contribution >= 4 is 11.7 Å². The standard InChI is InChI=1S/C13H21N3O2/c1-15(2)9-12(17)10-16(3)13(18)14-11-7-5-4-6-8-11/h4-8,12,17H,9-10H2,1-3H3,(H,14,18)/t12-/m1/s1. The fraction of sp³-hybridized carbons (Fsp3) is 0.462. The Morgan fingerprint density at radius 1 is 1.22 bits per heavy atom. The van der Waals surface area contributed by atoms with Crippen LogP contribution < -0.4 is 5.32 Å². The highest BCUT2D eigenvalue weighted by Gasteiger charge is 2.14. The van der Waals surface area contributed by atoms with Gasteiger partial charge in [-0.05, 0) is 26.2 Å². The van der Waals surface area contributed by atoms with Gasteiger partial charge in [-0.15, -0.1) is 0 Å². The lowest BCUT2D eigenvalue weighted by Gasteiger charge is -2.23. The summed E-state index contributed by atoms with van der Waals surface area (Å²) < 4.78 is 0. The van der Waals surface area contributed by atoms with E-state index in [2.05, 4.69) is 5.32 Å². The monoisotopic (exact) mass is 251 g/mol. The maximum atomic E-state index is 11.8. The van der Waals surface area contributed by atoms with Gasteiger partial charge < -0.3 is 20.2 Å². The Labute approximate surface area is 108 Å². The SMILES string of the molecule is CN(C)C[C@@H](O)CN(C)C(=O)Nc1ccccc1. The molecule has 1 rings (SSSR count). The average Bonchev–Trinajstić information content (AvgIpc) is 2.28. The van der Waals surface area contributed by atoms with Gasteiger partial charge in [0.05, 0.1) is 6.10 Å². The molecule has 1 aromatic rings. The fourth-order valence-electron chi connectivity index (χ4n) is 1.62. The number of aliphatic hydroxyl groups excluding tert-OH is 1. The van der Waals surface area contributed by atoms with Gasteiger partial charge in [0, 0.05) is 25.8 Å². The van der Waals surface area contributed by atoms with Crippen LogP contribution in [-0.2, 0) is 0 Å². The number of benzene rings is 1. The largest absolute Gasteiger partial charge is 0.390 e. The minimum atomic E-state index is -0.550. The number of carbonyl (C=O) groups excluding carboxylic acids is 1. The van der Waals surface area contributed by atoms with E-state index in [0.29, 0.717) is 13.1 Å². The van der Waals surface area contributed by atoms with Gasteiger partial charge in [0.2, 0.25) is 0 Å². The molecule has 0 saturated carbocycles. The number of nitrogens with zero attached hydrogens (tertiary/aromatic N) is 2. The van der Waals surface area contributed by atoms with E-state index in [9.17, 15) is 9.90 Å². The number of likely N-dealkylation sites (N-methyl/N-ethyl adjacent to an activating group) is 2. The molecule has 0 aromatic heterocycles. The first-order valence-electron chi connectivity index (χ1n) is 5.89. The number of carbonyl (C=O) groups is 1. The second-order valence-corrected chi connectivity index (χ2v) is 4.59. The lowest BCUT2D eigenvalue weighted by Crippen LogP contribution is -2.40. The third-order valence-corrected chi connectivity index (χ3v) is 2.43. The van der Waals surface area contributed by atoms with Crippen LogP contribution >= 0.6 is 0 Å². The summed E-state index contributed by atoms with van der Waals surface area (Å²) in [6, 6.07) is 9.02. The number of anilines is 1. The minimum absolute atomic E-state index is 0.223. The predicted octanol–water partition coefficient (Wildman–Crippen LogP) is 1.07. The highest BCUT2D eigenvalue weighted by atomic mass is 16.3. The van der Waals surface area contributed by atoms with E-state index in [1.54, 1.807) is 7.05 Å². The maximum Gasteiger partial charge on any atom is 0.321 e. The van der Waals surface area contributed by atoms with Gasteiger partial charge in [-0.25, -0.2) is 4.79 Å². The second kappa shape index (κ2) is 6.98. The van der Waals surface area contributed by atoms with Crippen LogP contribution in [0, 0.1) is 0 Å². The summed E-state index contributed by atoms with van der Waals surface area (Å²) in [5, 5.41) is 12.5. The zero-order valence-electron chi connectivity index (χ0n) is 11.1. The summed E-state index contributed by atoms with van der Waals surface area (Å²) >= 11 is 0. The molecule has 1 aromatic carbocycles. The molecule has 18 heavy (non-hydrogen) atoms. The van der Waals surface area contributed by atoms with Crippen LogP contribution in [0.25, 0.3) is 0 Å². The Hall–Kier alpha value is -1.59. The number of amides is 2. The third-order valence-electron chi connectivity index (χ3n) is 2.43. The number of nitrogens with one attached hydrogen (secondary N) is 1. The second-order valence-electron chi connectivity index (χ2n) is 4.59. The molecule has 5 heteroatoms. The van der Waals surface area contributed by atoms with Crippen LogP contribution in [0.3, 0.4) is 0 Å². The van der Waals surface area contributed by atoms with E-state index in [0.717, 1.165) is 5.69 Å². The van der Waals surface area contributed by atoms with E-state index in [4.69, 9.17) is 0 Å². The number of rotatable bonds is 5. The highest BCUT2D eigenvalue weighted by molar-refractivity contribution is 5.89. The van der Waals surface area contributed by atoms with Crippen LogP contribution in [0.15, 0.2) is 30.3 Å². The molecule has 0 heterocycles. The molecule has 0 spiro atoms. The van der Waals surface area contributed by atoms with E-state index < -0.39 is 6.10 Å². The molecule has 0 bridgehead atoms. The number of urea groups is 1. The molecule has 0 radical (unpaired) electrons. The van der Waals surface area contributed by atoms with Crippen molar-refractivity contribution < 1.29 is 9.90 Å². The molecule has 5 nitrogen and oxygen atoms in total. The van der Waals surface area contributed by atoms with E-state index >= 15 is 0 Å². The normalized spacial score (nSPS) is 12.3. The molecule has 0 aliphatic rings. The molecule has 0 aliphatic heterocycles. The molecule has 1 atom stereocenters. The Balaban J connectivity index is 2.42. The highest BCUT2D eigenvalue weighted by Crippen LogP contribution is 2.06. The van der Waals surface area contributed by atoms with Crippen LogP contribution in [0.5, 0.6) is 0 Å². The molecule has 2 amide bonds. The summed E-state index contributed by atoms with van der Waals surface area (Å²) in [5.41, 5.74) is 0.747. The zero-order chi connectivity index (χ0) is 13.5. The molecular weight excluding hydrogens is 230 g/mol. The van der Waals surface area contributed by atoms with Gasteiger partial charge in [0.15, 0.2) is 0 Å². The van der Waals surface area contributed by atoms with Crippen molar-refractivity contribution in [3.8, 4) is 0 Å². The van der Waals surface area contributed by atoms with Gasteiger partial charge >= 0.3 is 6.03 Å². The van der Waals surface area contributed by atoms with Gasteiger partial charge in [-0.3, -0.25) is 0 Å². The van der Waals surface area contributed by atoms with Gasteiger partial charge in [-0.1, -0.05) is 18.2 Å². The summed E-state index contributed by atoms with van der Waals surface area (Å²) in [5.74, 6) is 0. The number of aliphatic hydroxyl groups is 1. The summed E-state index contributed by atoms with van der Waals surface area (Å²) in [4.78, 5) is 15.2. The van der Waals surface area contributed by atoms with Crippen molar-refractivity contribution in [2.45, 2.75) is 6.10 Å². The third kappa shape index (κ3) is 5.16. The molecule has 100 valence electrons. The summed E-state index contributed by atoms with van der Waals surface area (Å²) in [6.45, 7) is 0.833. The van der Waals surface area contributed by atoms with Crippen LogP contribution in [-0.4, -0.2) is 61.3 Å². The van der Waals surface area contributed by atoms with Crippen molar-refractivity contribution in [3.05, 3.63) is 30.3 Å². The maximum absolute atomic E-state index is 11.8. The summed E-state index contributed by atoms with van der Waals surface area (Å²) in [7, 11) is 5.43. The first-order valence-corrected chi connectivity index (χ1v) is 5.89. The Kier molecular flexibility index (Phi) is 5.61. The summed E-state index contributed by atoms with van der Waals surface area (Å²) in [6.07, 6.45) is -0.550. The minimum Gasteiger partial charge on any atom is -0.390 e. The van der Waals surface area contributed by atoms with Crippen LogP contribution in [0.2, 0.25) is 0 Å². The number of hydrogen-bond acceptors (Lipinski definition) is 3. The average molecular weight is 251 g/mol. The molecule has 2 N–H and O–H groups in total. The lowest BCUT2D eigenvalue weighted by molar-refractivity contribution is 0.108. The van der Waals surface area contributed by atoms with Gasteiger partial charge in [0.1, 0.15) is 0 Å². The van der Waals surface area contributed by atoms with E-state index in [1.807, 2.05) is 49.3 Å². The van der Waals surface area contributed by atoms with Crippen molar-refractivity contribution in [3.63, 3.8) is 0 Å². The van der Waals surface area contributed by atoms with Crippen molar-refractivity contribution in [1.29, 1.82) is 0 Å². The Morgan fingerprint density at radius 3 is 2.39 bits per heavy atom. The van der Waals surface area contributed by atoms with Crippen molar-refractivity contribution in [2.24, 2.45) is 0 Å². The Morgan fingerprint density at radius 2 is 1.83 bits per heavy atom. The van der Waals surface area contributed by atoms with Gasteiger partial charge in [0.25, 0.3) is 0 Å². The smallest absolute Gasteiger partial charge is 0.321 e. The van der Waals surface area contributed by atoms with Crippen LogP contribution in [0.1, 0.15) is 0 Å². The zero-order valence-corrected chi connectivity index (χ0v) is 11.1. The van der Waals surface area contributed by atoms with Gasteiger partial charge in [-0.2, -0.15) is 0 Å². The molecule has 0 aliphatic carbocycles. The quantitative estimate of drug-likeness (QED) is 0.823. The number of para-hydroxylation sites is 1. The van der Waals surface area contributed by atoms with Crippen molar-refractivity contribution in [1.82, 2.24) is 9.80 Å². The number of hydrogen-bond donors (Lipinski definition) is 2. The van der Waals surface area contributed by atoms with Crippen LogP contribution in [0.4, 0.5) is 10.5 Å².